The molecule has 0 amide bonds. The van der Waals surface area contributed by atoms with Crippen molar-refractivity contribution in [1.29, 1.82) is 0 Å². The number of hydrogen-bond acceptors (Lipinski definition) is 3. The Labute approximate surface area is 95.9 Å². The van der Waals surface area contributed by atoms with E-state index in [9.17, 15) is 4.79 Å². The van der Waals surface area contributed by atoms with Gasteiger partial charge in [-0.25, -0.2) is 0 Å². The van der Waals surface area contributed by atoms with E-state index >= 15 is 0 Å². The summed E-state index contributed by atoms with van der Waals surface area (Å²) in [7, 11) is 0. The standard InChI is InChI=1S/C11H10O2S2/c1-7(11(12)13)15-10-6-14-9-5-3-2-4-8(9)10/h2-7H,1H3,(H,12,13). The van der Waals surface area contributed by atoms with E-state index in [-0.39, 0.29) is 0 Å². The third-order valence-electron chi connectivity index (χ3n) is 2.10. The van der Waals surface area contributed by atoms with E-state index in [1.807, 2.05) is 23.6 Å². The van der Waals surface area contributed by atoms with Crippen LogP contribution in [0.1, 0.15) is 6.92 Å². The van der Waals surface area contributed by atoms with Crippen molar-refractivity contribution >= 4 is 39.2 Å². The van der Waals surface area contributed by atoms with Crippen molar-refractivity contribution in [1.82, 2.24) is 0 Å². The second-order valence-electron chi connectivity index (χ2n) is 3.19. The van der Waals surface area contributed by atoms with E-state index in [2.05, 4.69) is 6.07 Å². The molecule has 0 fully saturated rings. The molecule has 0 aliphatic heterocycles. The molecule has 2 nitrogen and oxygen atoms in total. The average molecular weight is 238 g/mol. The second-order valence-corrected chi connectivity index (χ2v) is 5.49. The van der Waals surface area contributed by atoms with Crippen molar-refractivity contribution in [3.63, 3.8) is 0 Å². The number of aliphatic carboxylic acids is 1. The molecule has 1 N–H and O–H groups in total. The Balaban J connectivity index is 2.32. The normalized spacial score (nSPS) is 12.9. The van der Waals surface area contributed by atoms with Crippen molar-refractivity contribution in [3.05, 3.63) is 29.6 Å². The fourth-order valence-corrected chi connectivity index (χ4v) is 3.33. The molecule has 0 saturated heterocycles. The minimum Gasteiger partial charge on any atom is -0.480 e. The molecule has 0 aliphatic rings. The first-order chi connectivity index (χ1) is 7.18. The summed E-state index contributed by atoms with van der Waals surface area (Å²) < 4.78 is 1.21. The van der Waals surface area contributed by atoms with Gasteiger partial charge < -0.3 is 5.11 Å². The van der Waals surface area contributed by atoms with Crippen molar-refractivity contribution < 1.29 is 9.90 Å². The van der Waals surface area contributed by atoms with Gasteiger partial charge in [0, 0.05) is 20.4 Å². The molecule has 2 rings (SSSR count). The van der Waals surface area contributed by atoms with Crippen LogP contribution in [0.2, 0.25) is 0 Å². The number of carboxylic acid groups (broad SMARTS) is 1. The maximum Gasteiger partial charge on any atom is 0.316 e. The van der Waals surface area contributed by atoms with E-state index in [4.69, 9.17) is 5.11 Å². The zero-order valence-electron chi connectivity index (χ0n) is 8.14. The van der Waals surface area contributed by atoms with Gasteiger partial charge in [-0.15, -0.1) is 23.1 Å². The summed E-state index contributed by atoms with van der Waals surface area (Å²) in [5.41, 5.74) is 0. The van der Waals surface area contributed by atoms with Crippen LogP contribution in [0.15, 0.2) is 34.5 Å². The van der Waals surface area contributed by atoms with Gasteiger partial charge in [0.05, 0.1) is 0 Å². The molecule has 1 unspecified atom stereocenters. The van der Waals surface area contributed by atoms with Gasteiger partial charge in [-0.05, 0) is 13.0 Å². The van der Waals surface area contributed by atoms with Crippen LogP contribution in [0.5, 0.6) is 0 Å². The lowest BCUT2D eigenvalue weighted by Gasteiger charge is -2.03. The molecule has 2 aromatic rings. The number of thioether (sulfide) groups is 1. The minimum absolute atomic E-state index is 0.400. The van der Waals surface area contributed by atoms with Gasteiger partial charge in [-0.3, -0.25) is 4.79 Å². The molecular formula is C11H10O2S2. The molecule has 1 atom stereocenters. The maximum absolute atomic E-state index is 10.7. The first-order valence-corrected chi connectivity index (χ1v) is 6.30. The summed E-state index contributed by atoms with van der Waals surface area (Å²) in [5.74, 6) is -0.768. The molecule has 0 aliphatic carbocycles. The fraction of sp³-hybridized carbons (Fsp3) is 0.182. The van der Waals surface area contributed by atoms with Crippen LogP contribution in [0.3, 0.4) is 0 Å². The quantitative estimate of drug-likeness (QED) is 0.832. The van der Waals surface area contributed by atoms with Gasteiger partial charge in [0.25, 0.3) is 0 Å². The molecule has 78 valence electrons. The second kappa shape index (κ2) is 4.24. The number of hydrogen-bond donors (Lipinski definition) is 1. The molecule has 1 aromatic heterocycles. The highest BCUT2D eigenvalue weighted by Gasteiger charge is 2.14. The predicted octanol–water partition coefficient (Wildman–Crippen LogP) is 3.47. The number of benzene rings is 1. The highest BCUT2D eigenvalue weighted by atomic mass is 32.2. The first-order valence-electron chi connectivity index (χ1n) is 4.54. The lowest BCUT2D eigenvalue weighted by Crippen LogP contribution is -2.10. The fourth-order valence-electron chi connectivity index (χ4n) is 1.29. The Morgan fingerprint density at radius 2 is 2.20 bits per heavy atom. The summed E-state index contributed by atoms with van der Waals surface area (Å²) >= 11 is 3.05. The Hall–Kier alpha value is -1.00. The molecule has 0 spiro atoms. The highest BCUT2D eigenvalue weighted by Crippen LogP contribution is 2.35. The van der Waals surface area contributed by atoms with Crippen LogP contribution in [-0.4, -0.2) is 16.3 Å². The van der Waals surface area contributed by atoms with Crippen molar-refractivity contribution in [2.45, 2.75) is 17.1 Å². The van der Waals surface area contributed by atoms with E-state index in [1.54, 1.807) is 18.3 Å². The molecular weight excluding hydrogens is 228 g/mol. The Kier molecular flexibility index (Phi) is 2.98. The number of carbonyl (C=O) groups is 1. The van der Waals surface area contributed by atoms with Crippen LogP contribution < -0.4 is 0 Å². The lowest BCUT2D eigenvalue weighted by molar-refractivity contribution is -0.136. The van der Waals surface area contributed by atoms with Crippen LogP contribution in [-0.2, 0) is 4.79 Å². The maximum atomic E-state index is 10.7. The Morgan fingerprint density at radius 3 is 2.93 bits per heavy atom. The van der Waals surface area contributed by atoms with Crippen molar-refractivity contribution in [3.8, 4) is 0 Å². The SMILES string of the molecule is CC(Sc1csc2ccccc12)C(=O)O. The van der Waals surface area contributed by atoms with Crippen molar-refractivity contribution in [2.24, 2.45) is 0 Å². The average Bonchev–Trinajstić information content (AvgIpc) is 2.62. The van der Waals surface area contributed by atoms with Gasteiger partial charge in [0.15, 0.2) is 0 Å². The monoisotopic (exact) mass is 238 g/mol. The zero-order valence-corrected chi connectivity index (χ0v) is 9.77. The van der Waals surface area contributed by atoms with Gasteiger partial charge in [0.1, 0.15) is 5.25 Å². The number of thiophene rings is 1. The van der Waals surface area contributed by atoms with E-state index in [1.165, 1.54) is 16.5 Å². The largest absolute Gasteiger partial charge is 0.480 e. The predicted molar refractivity (Wildman–Crippen MR) is 64.8 cm³/mol. The van der Waals surface area contributed by atoms with Crippen LogP contribution in [0.4, 0.5) is 0 Å². The van der Waals surface area contributed by atoms with E-state index in [0.29, 0.717) is 0 Å². The third-order valence-corrected chi connectivity index (χ3v) is 4.36. The molecule has 0 radical (unpaired) electrons. The first kappa shape index (κ1) is 10.5. The van der Waals surface area contributed by atoms with E-state index < -0.39 is 11.2 Å². The van der Waals surface area contributed by atoms with Crippen LogP contribution >= 0.6 is 23.1 Å². The number of carboxylic acids is 1. The Morgan fingerprint density at radius 1 is 1.47 bits per heavy atom. The summed E-state index contributed by atoms with van der Waals surface area (Å²) in [5, 5.41) is 11.6. The zero-order chi connectivity index (χ0) is 10.8. The third kappa shape index (κ3) is 2.16. The smallest absolute Gasteiger partial charge is 0.316 e. The Bertz CT molecular complexity index is 490. The highest BCUT2D eigenvalue weighted by molar-refractivity contribution is 8.01. The van der Waals surface area contributed by atoms with Crippen LogP contribution in [0, 0.1) is 0 Å². The molecule has 1 heterocycles. The lowest BCUT2D eigenvalue weighted by atomic mass is 10.3. The molecule has 0 bridgehead atoms. The van der Waals surface area contributed by atoms with Gasteiger partial charge >= 0.3 is 5.97 Å². The molecule has 4 heteroatoms. The van der Waals surface area contributed by atoms with Crippen molar-refractivity contribution in [2.75, 3.05) is 0 Å². The van der Waals surface area contributed by atoms with Gasteiger partial charge in [0.2, 0.25) is 0 Å². The summed E-state index contributed by atoms with van der Waals surface area (Å²) in [4.78, 5) is 11.8. The van der Waals surface area contributed by atoms with E-state index in [0.717, 1.165) is 10.3 Å². The summed E-state index contributed by atoms with van der Waals surface area (Å²) in [6.07, 6.45) is 0. The number of rotatable bonds is 3. The van der Waals surface area contributed by atoms with Gasteiger partial charge in [-0.1, -0.05) is 18.2 Å². The van der Waals surface area contributed by atoms with Crippen LogP contribution in [0.25, 0.3) is 10.1 Å². The summed E-state index contributed by atoms with van der Waals surface area (Å²) in [6.45, 7) is 1.71. The summed E-state index contributed by atoms with van der Waals surface area (Å²) in [6, 6.07) is 8.05. The molecule has 0 saturated carbocycles. The molecule has 15 heavy (non-hydrogen) atoms. The number of fused-ring (bicyclic) bond motifs is 1. The molecule has 1 aromatic carbocycles. The van der Waals surface area contributed by atoms with Gasteiger partial charge in [-0.2, -0.15) is 0 Å². The topological polar surface area (TPSA) is 37.3 Å². The minimum atomic E-state index is -0.768.